The van der Waals surface area contributed by atoms with Crippen molar-refractivity contribution in [3.63, 3.8) is 0 Å². The number of nitrogens with zero attached hydrogens (tertiary/aromatic N) is 4. The first-order valence-corrected chi connectivity index (χ1v) is 13.1. The molecule has 0 saturated carbocycles. The van der Waals surface area contributed by atoms with Crippen LogP contribution in [0.25, 0.3) is 0 Å². The molecule has 0 aromatic carbocycles. The number of hydrogen-bond acceptors (Lipinski definition) is 7. The van der Waals surface area contributed by atoms with E-state index in [-0.39, 0.29) is 10.6 Å². The summed E-state index contributed by atoms with van der Waals surface area (Å²) < 4.78 is 26.3. The summed E-state index contributed by atoms with van der Waals surface area (Å²) in [5.41, 5.74) is 2.62. The van der Waals surface area contributed by atoms with Crippen molar-refractivity contribution in [2.24, 2.45) is 5.92 Å². The monoisotopic (exact) mass is 478 g/mol. The Kier molecular flexibility index (Phi) is 6.53. The van der Waals surface area contributed by atoms with E-state index in [1.54, 1.807) is 36.7 Å². The number of ketones is 1. The lowest BCUT2D eigenvalue weighted by atomic mass is 9.97. The third kappa shape index (κ3) is 5.17. The van der Waals surface area contributed by atoms with Crippen molar-refractivity contribution in [2.75, 3.05) is 17.2 Å². The third-order valence-electron chi connectivity index (χ3n) is 6.17. The van der Waals surface area contributed by atoms with Gasteiger partial charge in [0.15, 0.2) is 10.8 Å². The molecule has 0 aliphatic carbocycles. The number of aromatic nitrogens is 3. The summed E-state index contributed by atoms with van der Waals surface area (Å²) in [6.07, 6.45) is 4.75. The lowest BCUT2D eigenvalue weighted by molar-refractivity contribution is 0.102. The second kappa shape index (κ2) is 9.25. The Balaban J connectivity index is 1.58. The van der Waals surface area contributed by atoms with Gasteiger partial charge in [-0.3, -0.25) is 9.78 Å². The Labute approximate surface area is 201 Å². The molecular weight excluding hydrogens is 448 g/mol. The van der Waals surface area contributed by atoms with Gasteiger partial charge in [0, 0.05) is 42.3 Å². The summed E-state index contributed by atoms with van der Waals surface area (Å²) in [5, 5.41) is -0.105. The number of aryl methyl sites for hydroxylation is 1. The molecule has 0 amide bonds. The molecule has 1 atom stereocenters. The first kappa shape index (κ1) is 24.0. The smallest absolute Gasteiger partial charge is 0.203 e. The van der Waals surface area contributed by atoms with E-state index in [1.807, 2.05) is 19.1 Å². The molecule has 0 bridgehead atoms. The quantitative estimate of drug-likeness (QED) is 0.473. The van der Waals surface area contributed by atoms with E-state index in [9.17, 15) is 13.2 Å². The van der Waals surface area contributed by atoms with Crippen LogP contribution in [0.4, 0.5) is 5.82 Å². The van der Waals surface area contributed by atoms with E-state index in [1.165, 1.54) is 6.07 Å². The Morgan fingerprint density at radius 2 is 1.88 bits per heavy atom. The molecule has 3 aromatic heterocycles. The van der Waals surface area contributed by atoms with Crippen LogP contribution in [0.5, 0.6) is 0 Å². The maximum absolute atomic E-state index is 13.2. The van der Waals surface area contributed by atoms with Gasteiger partial charge in [-0.05, 0) is 75.1 Å². The third-order valence-corrected chi connectivity index (χ3v) is 7.68. The van der Waals surface area contributed by atoms with E-state index in [0.717, 1.165) is 24.2 Å². The molecule has 7 nitrogen and oxygen atoms in total. The van der Waals surface area contributed by atoms with Crippen molar-refractivity contribution in [3.05, 3.63) is 77.4 Å². The second-order valence-corrected chi connectivity index (χ2v) is 11.7. The second-order valence-electron chi connectivity index (χ2n) is 9.76. The van der Waals surface area contributed by atoms with E-state index >= 15 is 0 Å². The minimum absolute atomic E-state index is 0.105. The standard InChI is InChI=1S/C26H30N4O3S/c1-18-10-12-27-21(13-18)14-20-7-5-9-24(29-20)34(32,33)17-23(31)22-8-6-11-28-25(22)30-16-19(2)15-26(30,3)4/h5-13,19H,14-17H2,1-4H3. The highest BCUT2D eigenvalue weighted by atomic mass is 32.2. The van der Waals surface area contributed by atoms with Crippen LogP contribution < -0.4 is 4.90 Å². The average molecular weight is 479 g/mol. The summed E-state index contributed by atoms with van der Waals surface area (Å²) in [7, 11) is -3.94. The SMILES string of the molecule is Cc1ccnc(Cc2cccc(S(=O)(=O)CC(=O)c3cccnc3N3CC(C)CC3(C)C)n2)c1. The van der Waals surface area contributed by atoms with Gasteiger partial charge < -0.3 is 4.90 Å². The first-order chi connectivity index (χ1) is 16.0. The Hall–Kier alpha value is -3.13. The number of sulfone groups is 1. The molecule has 1 saturated heterocycles. The molecule has 34 heavy (non-hydrogen) atoms. The number of carbonyl (C=O) groups excluding carboxylic acids is 1. The van der Waals surface area contributed by atoms with Crippen molar-refractivity contribution in [1.82, 2.24) is 15.0 Å². The minimum atomic E-state index is -3.94. The topological polar surface area (TPSA) is 93.1 Å². The minimum Gasteiger partial charge on any atom is -0.351 e. The van der Waals surface area contributed by atoms with Crippen LogP contribution in [-0.4, -0.2) is 47.0 Å². The number of anilines is 1. The largest absolute Gasteiger partial charge is 0.351 e. The van der Waals surface area contributed by atoms with E-state index in [0.29, 0.717) is 29.4 Å². The number of rotatable bonds is 7. The van der Waals surface area contributed by atoms with Crippen LogP contribution in [0.15, 0.2) is 59.9 Å². The van der Waals surface area contributed by atoms with Gasteiger partial charge in [-0.15, -0.1) is 0 Å². The maximum atomic E-state index is 13.2. The van der Waals surface area contributed by atoms with Gasteiger partial charge in [0.1, 0.15) is 11.6 Å². The Morgan fingerprint density at radius 1 is 1.09 bits per heavy atom. The molecule has 1 unspecified atom stereocenters. The molecule has 0 radical (unpaired) electrons. The van der Waals surface area contributed by atoms with Gasteiger partial charge in [0.05, 0.1) is 5.56 Å². The number of hydrogen-bond donors (Lipinski definition) is 0. The summed E-state index contributed by atoms with van der Waals surface area (Å²) in [4.78, 5) is 28.5. The van der Waals surface area contributed by atoms with Crippen molar-refractivity contribution < 1.29 is 13.2 Å². The molecule has 4 heterocycles. The van der Waals surface area contributed by atoms with Crippen LogP contribution in [0.3, 0.4) is 0 Å². The fourth-order valence-electron chi connectivity index (χ4n) is 4.72. The zero-order valence-corrected chi connectivity index (χ0v) is 20.8. The van der Waals surface area contributed by atoms with Crippen molar-refractivity contribution in [3.8, 4) is 0 Å². The summed E-state index contributed by atoms with van der Waals surface area (Å²) in [6, 6.07) is 12.0. The fourth-order valence-corrected chi connectivity index (χ4v) is 5.91. The molecule has 1 fully saturated rings. The van der Waals surface area contributed by atoms with Gasteiger partial charge in [0.2, 0.25) is 9.84 Å². The molecule has 4 rings (SSSR count). The van der Waals surface area contributed by atoms with Gasteiger partial charge in [0.25, 0.3) is 0 Å². The molecule has 1 aliphatic rings. The van der Waals surface area contributed by atoms with Crippen molar-refractivity contribution in [1.29, 1.82) is 0 Å². The van der Waals surface area contributed by atoms with Crippen LogP contribution >= 0.6 is 0 Å². The summed E-state index contributed by atoms with van der Waals surface area (Å²) >= 11 is 0. The Morgan fingerprint density at radius 3 is 2.59 bits per heavy atom. The molecule has 0 spiro atoms. The van der Waals surface area contributed by atoms with Crippen molar-refractivity contribution >= 4 is 21.4 Å². The molecular formula is C26H30N4O3S. The lowest BCUT2D eigenvalue weighted by Crippen LogP contribution is -2.39. The average Bonchev–Trinajstić information content (AvgIpc) is 3.05. The van der Waals surface area contributed by atoms with Gasteiger partial charge >= 0.3 is 0 Å². The summed E-state index contributed by atoms with van der Waals surface area (Å²) in [5.74, 6) is -0.136. The number of pyridine rings is 3. The van der Waals surface area contributed by atoms with E-state index < -0.39 is 21.4 Å². The van der Waals surface area contributed by atoms with E-state index in [4.69, 9.17) is 0 Å². The van der Waals surface area contributed by atoms with E-state index in [2.05, 4.69) is 40.6 Å². The van der Waals surface area contributed by atoms with Crippen LogP contribution in [0.2, 0.25) is 0 Å². The van der Waals surface area contributed by atoms with Gasteiger partial charge in [-0.25, -0.2) is 18.4 Å². The number of Topliss-reactive ketones (excluding diaryl/α,β-unsaturated/α-hetero) is 1. The van der Waals surface area contributed by atoms with Gasteiger partial charge in [-0.1, -0.05) is 13.0 Å². The molecule has 1 aliphatic heterocycles. The predicted octanol–water partition coefficient (Wildman–Crippen LogP) is 4.05. The summed E-state index contributed by atoms with van der Waals surface area (Å²) in [6.45, 7) is 9.15. The first-order valence-electron chi connectivity index (χ1n) is 11.4. The lowest BCUT2D eigenvalue weighted by Gasteiger charge is -2.33. The number of carbonyl (C=O) groups is 1. The predicted molar refractivity (Wildman–Crippen MR) is 132 cm³/mol. The highest BCUT2D eigenvalue weighted by Crippen LogP contribution is 2.37. The highest BCUT2D eigenvalue weighted by Gasteiger charge is 2.39. The zero-order chi connectivity index (χ0) is 24.5. The molecule has 0 N–H and O–H groups in total. The molecule has 3 aromatic rings. The van der Waals surface area contributed by atoms with Crippen LogP contribution in [0.1, 0.15) is 54.5 Å². The fraction of sp³-hybridized carbons (Fsp3) is 0.385. The van der Waals surface area contributed by atoms with Crippen molar-refractivity contribution in [2.45, 2.75) is 51.1 Å². The normalized spacial score (nSPS) is 17.6. The van der Waals surface area contributed by atoms with Crippen LogP contribution in [-0.2, 0) is 16.3 Å². The maximum Gasteiger partial charge on any atom is 0.203 e. The van der Waals surface area contributed by atoms with Crippen LogP contribution in [0, 0.1) is 12.8 Å². The highest BCUT2D eigenvalue weighted by molar-refractivity contribution is 7.92. The zero-order valence-electron chi connectivity index (χ0n) is 20.0. The Bertz CT molecular complexity index is 1320. The van der Waals surface area contributed by atoms with Gasteiger partial charge in [-0.2, -0.15) is 0 Å². The molecule has 178 valence electrons. The molecule has 8 heteroatoms.